The highest BCUT2D eigenvalue weighted by Crippen LogP contribution is 2.37. The molecule has 98 valence electrons. The molecule has 1 amide bonds. The average Bonchev–Trinajstić information content (AvgIpc) is 2.33. The third kappa shape index (κ3) is 2.86. The number of amides is 1. The number of hydrogen-bond donors (Lipinski definition) is 2. The molecule has 0 unspecified atom stereocenters. The Kier molecular flexibility index (Phi) is 3.95. The van der Waals surface area contributed by atoms with E-state index in [4.69, 9.17) is 5.73 Å². The highest BCUT2D eigenvalue weighted by Gasteiger charge is 2.34. The van der Waals surface area contributed by atoms with Gasteiger partial charge < -0.3 is 11.1 Å². The van der Waals surface area contributed by atoms with Crippen LogP contribution in [-0.2, 0) is 4.79 Å². The number of nitrogens with one attached hydrogen (secondary N) is 1. The van der Waals surface area contributed by atoms with Crippen molar-refractivity contribution in [3.63, 3.8) is 0 Å². The van der Waals surface area contributed by atoms with E-state index < -0.39 is 0 Å². The normalized spacial score (nSPS) is 18.3. The monoisotopic (exact) mass is 310 g/mol. The van der Waals surface area contributed by atoms with Gasteiger partial charge in [0, 0.05) is 15.6 Å². The summed E-state index contributed by atoms with van der Waals surface area (Å²) in [7, 11) is 0. The Labute approximate surface area is 116 Å². The maximum atomic E-state index is 12.4. The highest BCUT2D eigenvalue weighted by atomic mass is 79.9. The van der Waals surface area contributed by atoms with E-state index in [1.807, 2.05) is 6.07 Å². The highest BCUT2D eigenvalue weighted by molar-refractivity contribution is 9.10. The first-order chi connectivity index (χ1) is 8.51. The zero-order chi connectivity index (χ0) is 13.2. The number of rotatable bonds is 2. The second-order valence-electron chi connectivity index (χ2n) is 5.31. The smallest absolute Gasteiger partial charge is 0.230 e. The fourth-order valence-electron chi connectivity index (χ4n) is 2.47. The molecule has 0 saturated heterocycles. The summed E-state index contributed by atoms with van der Waals surface area (Å²) < 4.78 is 0.829. The van der Waals surface area contributed by atoms with Crippen molar-refractivity contribution in [2.75, 3.05) is 11.1 Å². The molecule has 0 aromatic heterocycles. The Morgan fingerprint density at radius 3 is 2.61 bits per heavy atom. The third-order valence-electron chi connectivity index (χ3n) is 3.75. The van der Waals surface area contributed by atoms with Crippen LogP contribution in [0.4, 0.5) is 11.4 Å². The maximum absolute atomic E-state index is 12.4. The molecule has 0 heterocycles. The van der Waals surface area contributed by atoms with Gasteiger partial charge in [-0.25, -0.2) is 0 Å². The summed E-state index contributed by atoms with van der Waals surface area (Å²) in [6, 6.07) is 5.44. The first kappa shape index (κ1) is 13.4. The number of nitrogen functional groups attached to an aromatic ring is 1. The fraction of sp³-hybridized carbons (Fsp3) is 0.500. The van der Waals surface area contributed by atoms with Gasteiger partial charge in [0.25, 0.3) is 0 Å². The van der Waals surface area contributed by atoms with Gasteiger partial charge in [-0.15, -0.1) is 0 Å². The number of carbonyl (C=O) groups excluding carboxylic acids is 1. The van der Waals surface area contributed by atoms with Crippen LogP contribution in [0.15, 0.2) is 22.7 Å². The summed E-state index contributed by atoms with van der Waals surface area (Å²) >= 11 is 3.42. The molecule has 0 radical (unpaired) electrons. The molecule has 3 nitrogen and oxygen atoms in total. The first-order valence-electron chi connectivity index (χ1n) is 6.38. The number of halogens is 1. The number of benzene rings is 1. The summed E-state index contributed by atoms with van der Waals surface area (Å²) in [5, 5.41) is 3.01. The zero-order valence-electron chi connectivity index (χ0n) is 10.6. The predicted octanol–water partition coefficient (Wildman–Crippen LogP) is 3.94. The molecule has 0 spiro atoms. The van der Waals surface area contributed by atoms with E-state index in [0.717, 1.165) is 35.8 Å². The van der Waals surface area contributed by atoms with Crippen LogP contribution < -0.4 is 11.1 Å². The minimum absolute atomic E-state index is 0.118. The van der Waals surface area contributed by atoms with E-state index in [0.29, 0.717) is 5.69 Å². The van der Waals surface area contributed by atoms with Crippen LogP contribution in [0.1, 0.15) is 39.0 Å². The zero-order valence-corrected chi connectivity index (χ0v) is 12.2. The van der Waals surface area contributed by atoms with Crippen LogP contribution >= 0.6 is 15.9 Å². The summed E-state index contributed by atoms with van der Waals surface area (Å²) in [5.41, 5.74) is 6.94. The maximum Gasteiger partial charge on any atom is 0.230 e. The van der Waals surface area contributed by atoms with E-state index in [1.165, 1.54) is 6.42 Å². The number of hydrogen-bond acceptors (Lipinski definition) is 2. The van der Waals surface area contributed by atoms with Crippen LogP contribution in [0.2, 0.25) is 0 Å². The van der Waals surface area contributed by atoms with Crippen LogP contribution in [0.25, 0.3) is 0 Å². The molecule has 0 atom stereocenters. The molecule has 1 fully saturated rings. The van der Waals surface area contributed by atoms with Crippen molar-refractivity contribution in [1.82, 2.24) is 0 Å². The number of carbonyl (C=O) groups is 1. The molecule has 4 heteroatoms. The molecule has 2 rings (SSSR count). The van der Waals surface area contributed by atoms with Gasteiger partial charge in [-0.3, -0.25) is 4.79 Å². The summed E-state index contributed by atoms with van der Waals surface area (Å²) in [6.45, 7) is 2.06. The predicted molar refractivity (Wildman–Crippen MR) is 78.4 cm³/mol. The minimum Gasteiger partial charge on any atom is -0.399 e. The molecule has 1 aliphatic rings. The van der Waals surface area contributed by atoms with E-state index >= 15 is 0 Å². The summed E-state index contributed by atoms with van der Waals surface area (Å²) in [4.78, 5) is 12.4. The first-order valence-corrected chi connectivity index (χ1v) is 7.17. The molecule has 0 aliphatic heterocycles. The molecular weight excluding hydrogens is 292 g/mol. The number of nitrogens with two attached hydrogens (primary N) is 1. The lowest BCUT2D eigenvalue weighted by Crippen LogP contribution is -2.35. The van der Waals surface area contributed by atoms with Crippen molar-refractivity contribution < 1.29 is 4.79 Å². The van der Waals surface area contributed by atoms with Gasteiger partial charge >= 0.3 is 0 Å². The van der Waals surface area contributed by atoms with Crippen LogP contribution in [0, 0.1) is 5.41 Å². The second-order valence-corrected chi connectivity index (χ2v) is 6.17. The van der Waals surface area contributed by atoms with Crippen molar-refractivity contribution in [1.29, 1.82) is 0 Å². The number of anilines is 2. The van der Waals surface area contributed by atoms with E-state index in [9.17, 15) is 4.79 Å². The van der Waals surface area contributed by atoms with Gasteiger partial charge in [0.05, 0.1) is 5.69 Å². The molecule has 1 aliphatic carbocycles. The Balaban J connectivity index is 2.11. The standard InChI is InChI=1S/C14H19BrN2O/c1-14(7-3-2-4-8-14)13(18)17-12-6-5-10(16)9-11(12)15/h5-6,9H,2-4,7-8,16H2,1H3,(H,17,18). The molecule has 3 N–H and O–H groups in total. The van der Waals surface area contributed by atoms with Gasteiger partial charge in [0.15, 0.2) is 0 Å². The van der Waals surface area contributed by atoms with Gasteiger partial charge in [0.2, 0.25) is 5.91 Å². The molecule has 1 aromatic carbocycles. The topological polar surface area (TPSA) is 55.1 Å². The van der Waals surface area contributed by atoms with E-state index in [2.05, 4.69) is 28.2 Å². The average molecular weight is 311 g/mol. The van der Waals surface area contributed by atoms with E-state index in [1.54, 1.807) is 12.1 Å². The lowest BCUT2D eigenvalue weighted by molar-refractivity contribution is -0.126. The Morgan fingerprint density at radius 1 is 1.33 bits per heavy atom. The van der Waals surface area contributed by atoms with Gasteiger partial charge in [-0.05, 0) is 47.0 Å². The second kappa shape index (κ2) is 5.31. The van der Waals surface area contributed by atoms with Gasteiger partial charge in [-0.2, -0.15) is 0 Å². The quantitative estimate of drug-likeness (QED) is 0.813. The lowest BCUT2D eigenvalue weighted by Gasteiger charge is -2.32. The van der Waals surface area contributed by atoms with Gasteiger partial charge in [-0.1, -0.05) is 26.2 Å². The molecule has 1 aromatic rings. The molecule has 1 saturated carbocycles. The third-order valence-corrected chi connectivity index (χ3v) is 4.40. The van der Waals surface area contributed by atoms with Crippen molar-refractivity contribution in [3.05, 3.63) is 22.7 Å². The van der Waals surface area contributed by atoms with Gasteiger partial charge in [0.1, 0.15) is 0 Å². The molecule has 0 bridgehead atoms. The SMILES string of the molecule is CC1(C(=O)Nc2ccc(N)cc2Br)CCCCC1. The van der Waals surface area contributed by atoms with Crippen LogP contribution in [0.5, 0.6) is 0 Å². The lowest BCUT2D eigenvalue weighted by atomic mass is 9.75. The molecular formula is C14H19BrN2O. The van der Waals surface area contributed by atoms with Crippen molar-refractivity contribution >= 4 is 33.2 Å². The Hall–Kier alpha value is -1.03. The summed E-state index contributed by atoms with van der Waals surface area (Å²) in [5.74, 6) is 0.118. The van der Waals surface area contributed by atoms with Crippen molar-refractivity contribution in [2.24, 2.45) is 5.41 Å². The largest absolute Gasteiger partial charge is 0.399 e. The van der Waals surface area contributed by atoms with Crippen LogP contribution in [-0.4, -0.2) is 5.91 Å². The Morgan fingerprint density at radius 2 is 2.00 bits per heavy atom. The van der Waals surface area contributed by atoms with Crippen molar-refractivity contribution in [3.8, 4) is 0 Å². The van der Waals surface area contributed by atoms with Crippen LogP contribution in [0.3, 0.4) is 0 Å². The fourth-order valence-corrected chi connectivity index (χ4v) is 2.96. The Bertz CT molecular complexity index is 453. The molecule has 18 heavy (non-hydrogen) atoms. The van der Waals surface area contributed by atoms with Crippen molar-refractivity contribution in [2.45, 2.75) is 39.0 Å². The summed E-state index contributed by atoms with van der Waals surface area (Å²) in [6.07, 6.45) is 5.49. The minimum atomic E-state index is -0.223. The van der Waals surface area contributed by atoms with E-state index in [-0.39, 0.29) is 11.3 Å².